The molecule has 0 radical (unpaired) electrons. The largest absolute Gasteiger partial charge is 0.329 e. The van der Waals surface area contributed by atoms with Crippen LogP contribution in [0.1, 0.15) is 97.7 Å². The summed E-state index contributed by atoms with van der Waals surface area (Å²) in [6, 6.07) is 73.6. The van der Waals surface area contributed by atoms with Gasteiger partial charge < -0.3 is 19.6 Å². The Kier molecular flexibility index (Phi) is 24.6. The number of hydrogen-bond acceptors (Lipinski definition) is 16. The number of halogens is 5. The van der Waals surface area contributed by atoms with Crippen LogP contribution in [0.3, 0.4) is 0 Å². The first kappa shape index (κ1) is 87.0. The molecule has 0 atom stereocenters. The summed E-state index contributed by atoms with van der Waals surface area (Å²) < 4.78 is 59.8. The minimum absolute atomic E-state index is 0.0353. The van der Waals surface area contributed by atoms with Crippen LogP contribution in [0, 0.1) is 11.6 Å². The molecule has 5 aliphatic rings. The van der Waals surface area contributed by atoms with E-state index in [4.69, 9.17) is 34.8 Å². The second-order valence-electron chi connectivity index (χ2n) is 32.5. The lowest BCUT2D eigenvalue weighted by molar-refractivity contribution is 0.0755. The number of hydrogen-bond donors (Lipinski definition) is 0. The Bertz CT molecular complexity index is 7580. The summed E-state index contributed by atoms with van der Waals surface area (Å²) in [7, 11) is 0.0894. The summed E-state index contributed by atoms with van der Waals surface area (Å²) >= 11 is 19.5. The van der Waals surface area contributed by atoms with Gasteiger partial charge in [-0.05, 0) is 193 Å². The molecule has 0 fully saturated rings. The van der Waals surface area contributed by atoms with Crippen LogP contribution in [-0.4, -0.2) is 115 Å². The second-order valence-corrected chi connectivity index (χ2v) is 35.6. The first-order chi connectivity index (χ1) is 64.6. The number of rotatable bonds is 15. The number of carbonyl (C=O) groups is 4. The average Bonchev–Trinajstić information content (AvgIpc) is 1.60. The van der Waals surface area contributed by atoms with Gasteiger partial charge in [0.1, 0.15) is 33.6 Å². The Morgan fingerprint density at radius 2 is 0.789 bits per heavy atom. The number of aromatic nitrogens is 12. The zero-order chi connectivity index (χ0) is 91.5. The molecule has 656 valence electrons. The molecule has 10 aromatic heterocycles. The highest BCUT2D eigenvalue weighted by atomic mass is 35.5. The molecule has 18 aromatic rings. The number of nitrogens with zero attached hydrogens (tertiary/aromatic N) is 17. The van der Waals surface area contributed by atoms with E-state index in [0.717, 1.165) is 127 Å². The molecule has 0 aliphatic carbocycles. The van der Waals surface area contributed by atoms with Crippen LogP contribution >= 0.6 is 34.8 Å². The number of pyridine rings is 8. The predicted molar refractivity (Wildman–Crippen MR) is 506 cm³/mol. The summed E-state index contributed by atoms with van der Waals surface area (Å²) in [5.41, 5.74) is 21.4. The molecule has 4 amide bonds. The maximum Gasteiger partial charge on any atom is 0.273 e. The van der Waals surface area contributed by atoms with Crippen molar-refractivity contribution in [3.8, 4) is 55.6 Å². The van der Waals surface area contributed by atoms with Crippen LogP contribution in [0.4, 0.5) is 8.78 Å². The third-order valence-corrected chi connectivity index (χ3v) is 26.8. The minimum Gasteiger partial charge on any atom is -0.329 e. The lowest BCUT2D eigenvalue weighted by Crippen LogP contribution is -2.24. The number of benzene rings is 8. The monoisotopic (exact) mass is 1840 g/mol. The molecule has 15 heterocycles. The maximum absolute atomic E-state index is 14.8. The van der Waals surface area contributed by atoms with Crippen molar-refractivity contribution in [3.63, 3.8) is 0 Å². The van der Waals surface area contributed by atoms with E-state index >= 15 is 0 Å². The molecule has 133 heavy (non-hydrogen) atoms. The molecule has 0 spiro atoms. The van der Waals surface area contributed by atoms with Crippen molar-refractivity contribution in [3.05, 3.63) is 422 Å². The fourth-order valence-electron chi connectivity index (χ4n) is 16.8. The van der Waals surface area contributed by atoms with E-state index in [1.807, 2.05) is 196 Å². The standard InChI is InChI=1S/C23H16ClN3O.C22H17FN4O.C21H17FN4O2S.2C19H14ClN3O/c24-21-11-16(15-3-5-18-12-25-9-7-17(18)10-15)4-6-19(21)13-27-14-20-2-1-8-26-22(20)23(27)28;1-26-21-10-15(4-6-16(21)11-25-26)14-5-7-17(19(23)9-14)12-27-13-20-18(22(27)28)3-2-8-24-20;1-25-11-17-9-14(6-7-19(17)24-25)15-4-5-16(18(22)10-15)12-26-13-20-21(29(26,27)28)3-2-8-23-20;20-17-9-13(14-3-1-7-21-10-14)5-6-15(17)11-23-12-16-4-2-8-22-18(16)19(23)24;20-17-10-14(13-5-8-21-9-6-13)3-4-15(17)11-23-12-16-2-1-7-22-18(16)19(23)24/h1-12H,13-14H2;2-11H,12-13H2,1H3;2-11H,12-13H2,1H3;2*1-10H,11-12H2. The Morgan fingerprint density at radius 1 is 0.346 bits per heavy atom. The normalized spacial score (nSPS) is 13.8. The van der Waals surface area contributed by atoms with Crippen LogP contribution in [0.25, 0.3) is 88.2 Å². The van der Waals surface area contributed by atoms with Gasteiger partial charge in [0.05, 0.1) is 47.3 Å². The van der Waals surface area contributed by atoms with Crippen LogP contribution in [-0.2, 0) is 89.6 Å². The first-order valence-corrected chi connectivity index (χ1v) is 45.0. The molecule has 0 saturated heterocycles. The van der Waals surface area contributed by atoms with Crippen molar-refractivity contribution >= 4 is 101 Å². The van der Waals surface area contributed by atoms with E-state index in [-0.39, 0.29) is 54.0 Å². The third-order valence-electron chi connectivity index (χ3n) is 23.8. The number of fused-ring (bicyclic) bond motifs is 8. The van der Waals surface area contributed by atoms with Gasteiger partial charge in [-0.1, -0.05) is 150 Å². The van der Waals surface area contributed by atoms with Crippen molar-refractivity contribution in [2.24, 2.45) is 14.1 Å². The lowest BCUT2D eigenvalue weighted by atomic mass is 10.0. The van der Waals surface area contributed by atoms with E-state index in [1.165, 1.54) is 22.5 Å². The van der Waals surface area contributed by atoms with Gasteiger partial charge >= 0.3 is 0 Å². The summed E-state index contributed by atoms with van der Waals surface area (Å²) in [5, 5.41) is 14.8. The maximum atomic E-state index is 14.8. The molecule has 0 bridgehead atoms. The number of amides is 4. The zero-order valence-corrected chi connectivity index (χ0v) is 74.5. The topological polar surface area (TPSA) is 257 Å². The second kappa shape index (κ2) is 37.6. The van der Waals surface area contributed by atoms with Crippen LogP contribution in [0.5, 0.6) is 0 Å². The SMILES string of the molecule is Cn1cc2cc(-c3ccc(CN4Cc5ncccc5S4(=O)=O)c(F)c3)ccc2n1.Cn1ncc2ccc(-c3ccc(CN4Cc5ncccc5C4=O)c(F)c3)cc21.O=C1c2ncccc2CN1Cc1ccc(-c2ccc3cnccc3c2)cc1Cl.O=C1c2ncccc2CN1Cc1ccc(-c2cccnc2)cc1Cl.O=C1c2ncccc2CN1Cc1ccc(-c2ccncc2)cc1Cl. The van der Waals surface area contributed by atoms with Crippen LogP contribution < -0.4 is 0 Å². The summed E-state index contributed by atoms with van der Waals surface area (Å²) in [5.74, 6) is -0.989. The van der Waals surface area contributed by atoms with Gasteiger partial charge in [-0.3, -0.25) is 68.4 Å². The van der Waals surface area contributed by atoms with E-state index in [9.17, 15) is 36.4 Å². The Labute approximate surface area is 778 Å². The van der Waals surface area contributed by atoms with Gasteiger partial charge in [-0.15, -0.1) is 0 Å². The number of sulfonamides is 1. The highest BCUT2D eigenvalue weighted by molar-refractivity contribution is 7.89. The summed E-state index contributed by atoms with van der Waals surface area (Å²) in [4.78, 5) is 90.2. The summed E-state index contributed by atoms with van der Waals surface area (Å²) in [6.07, 6.45) is 22.6. The van der Waals surface area contributed by atoms with Crippen molar-refractivity contribution < 1.29 is 36.4 Å². The Morgan fingerprint density at radius 3 is 1.33 bits per heavy atom. The molecule has 0 saturated carbocycles. The van der Waals surface area contributed by atoms with Gasteiger partial charge in [-0.2, -0.15) is 14.5 Å². The molecule has 23 rings (SSSR count). The lowest BCUT2D eigenvalue weighted by Gasteiger charge is -2.17. The first-order valence-electron chi connectivity index (χ1n) is 42.4. The van der Waals surface area contributed by atoms with Crippen molar-refractivity contribution in [1.29, 1.82) is 0 Å². The molecule has 29 heteroatoms. The van der Waals surface area contributed by atoms with E-state index in [0.29, 0.717) is 100 Å². The summed E-state index contributed by atoms with van der Waals surface area (Å²) in [6.45, 7) is 3.88. The van der Waals surface area contributed by atoms with E-state index in [2.05, 4.69) is 74.3 Å². The van der Waals surface area contributed by atoms with Crippen LogP contribution in [0.2, 0.25) is 15.1 Å². The molecule has 23 nitrogen and oxygen atoms in total. The van der Waals surface area contributed by atoms with Crippen LogP contribution in [0.15, 0.2) is 322 Å². The minimum atomic E-state index is -3.65. The van der Waals surface area contributed by atoms with E-state index < -0.39 is 15.8 Å². The molecule has 5 aliphatic heterocycles. The molecule has 0 N–H and O–H groups in total. The molecular weight excluding hydrogens is 1760 g/mol. The van der Waals surface area contributed by atoms with Crippen molar-refractivity contribution in [1.82, 2.24) is 83.3 Å². The smallest absolute Gasteiger partial charge is 0.273 e. The van der Waals surface area contributed by atoms with Crippen molar-refractivity contribution in [2.75, 3.05) is 0 Å². The average molecular weight is 1840 g/mol. The third kappa shape index (κ3) is 18.5. The van der Waals surface area contributed by atoms with E-state index in [1.54, 1.807) is 121 Å². The van der Waals surface area contributed by atoms with Crippen molar-refractivity contribution in [2.45, 2.75) is 70.3 Å². The highest BCUT2D eigenvalue weighted by Crippen LogP contribution is 2.38. The van der Waals surface area contributed by atoms with Gasteiger partial charge in [0.15, 0.2) is 0 Å². The fraction of sp³-hybridized carbons (Fsp3) is 0.115. The molecule has 0 unspecified atom stereocenters. The molecule has 8 aromatic carbocycles. The highest BCUT2D eigenvalue weighted by Gasteiger charge is 2.37. The van der Waals surface area contributed by atoms with Gasteiger partial charge in [0.25, 0.3) is 23.6 Å². The molecular formula is C104H78Cl3F2N17O6S. The fourth-order valence-corrected chi connectivity index (χ4v) is 19.1. The Hall–Kier alpha value is -15.3. The Balaban J connectivity index is 0.000000107. The number of aryl methyl sites for hydroxylation is 2. The van der Waals surface area contributed by atoms with Gasteiger partial charge in [-0.25, -0.2) is 17.2 Å². The zero-order valence-electron chi connectivity index (χ0n) is 71.4. The van der Waals surface area contributed by atoms with Gasteiger partial charge in [0, 0.05) is 205 Å². The number of carbonyl (C=O) groups excluding carboxylic acids is 4. The quantitative estimate of drug-likeness (QED) is 0.0924. The van der Waals surface area contributed by atoms with Gasteiger partial charge in [0.2, 0.25) is 10.0 Å². The predicted octanol–water partition coefficient (Wildman–Crippen LogP) is 20.4.